The van der Waals surface area contributed by atoms with Gasteiger partial charge in [-0.05, 0) is 18.2 Å². The molecule has 1 aromatic heterocycles. The van der Waals surface area contributed by atoms with Gasteiger partial charge >= 0.3 is 0 Å². The average Bonchev–Trinajstić information content (AvgIpc) is 2.80. The maximum atomic E-state index is 11.3. The van der Waals surface area contributed by atoms with Gasteiger partial charge in [0.05, 0.1) is 15.7 Å². The number of hydrogen-bond donors (Lipinski definition) is 1. The van der Waals surface area contributed by atoms with Gasteiger partial charge in [0.2, 0.25) is 0 Å². The number of nitrogens with one attached hydrogen (secondary N) is 1. The van der Waals surface area contributed by atoms with Crippen LogP contribution in [0.4, 0.5) is 0 Å². The first-order chi connectivity index (χ1) is 9.20. The Bertz CT molecular complexity index is 777. The number of aldehydes is 1. The number of halogens is 2. The summed E-state index contributed by atoms with van der Waals surface area (Å²) in [7, 11) is 0. The number of aromatic nitrogens is 1. The van der Waals surface area contributed by atoms with Crippen molar-refractivity contribution in [2.45, 2.75) is 0 Å². The van der Waals surface area contributed by atoms with Crippen LogP contribution in [0.1, 0.15) is 10.4 Å². The highest BCUT2D eigenvalue weighted by atomic mass is 35.5. The minimum atomic E-state index is 0.467. The Morgan fingerprint density at radius 3 is 2.53 bits per heavy atom. The van der Waals surface area contributed by atoms with E-state index in [4.69, 9.17) is 23.2 Å². The van der Waals surface area contributed by atoms with Crippen LogP contribution in [0.2, 0.25) is 10.0 Å². The molecule has 0 radical (unpaired) electrons. The molecule has 0 bridgehead atoms. The first kappa shape index (κ1) is 12.3. The molecule has 0 aliphatic carbocycles. The molecular weight excluding hydrogens is 281 g/mol. The van der Waals surface area contributed by atoms with E-state index in [1.165, 1.54) is 0 Å². The Balaban J connectivity index is 2.29. The van der Waals surface area contributed by atoms with E-state index >= 15 is 0 Å². The lowest BCUT2D eigenvalue weighted by Gasteiger charge is -2.02. The number of para-hydroxylation sites is 1. The van der Waals surface area contributed by atoms with Gasteiger partial charge in [0.25, 0.3) is 0 Å². The highest BCUT2D eigenvalue weighted by molar-refractivity contribution is 6.42. The normalized spacial score (nSPS) is 10.8. The number of carbonyl (C=O) groups excluding carboxylic acids is 1. The van der Waals surface area contributed by atoms with Crippen LogP contribution in [0, 0.1) is 0 Å². The van der Waals surface area contributed by atoms with Crippen LogP contribution >= 0.6 is 23.2 Å². The minimum absolute atomic E-state index is 0.467. The maximum absolute atomic E-state index is 11.3. The van der Waals surface area contributed by atoms with E-state index in [-0.39, 0.29) is 0 Å². The molecule has 0 unspecified atom stereocenters. The van der Waals surface area contributed by atoms with Crippen molar-refractivity contribution in [3.63, 3.8) is 0 Å². The summed E-state index contributed by atoms with van der Waals surface area (Å²) in [5, 5.41) is 1.86. The molecule has 1 heterocycles. The Morgan fingerprint density at radius 1 is 1.00 bits per heavy atom. The lowest BCUT2D eigenvalue weighted by molar-refractivity contribution is 0.112. The number of aromatic amines is 1. The van der Waals surface area contributed by atoms with Crippen LogP contribution in [0.3, 0.4) is 0 Å². The molecule has 0 spiro atoms. The van der Waals surface area contributed by atoms with E-state index in [0.29, 0.717) is 15.6 Å². The summed E-state index contributed by atoms with van der Waals surface area (Å²) >= 11 is 11.9. The Morgan fingerprint density at radius 2 is 1.79 bits per heavy atom. The fourth-order valence-corrected chi connectivity index (χ4v) is 2.46. The molecular formula is C15H9Cl2NO. The molecule has 3 rings (SSSR count). The van der Waals surface area contributed by atoms with Gasteiger partial charge in [-0.1, -0.05) is 47.5 Å². The summed E-state index contributed by atoms with van der Waals surface area (Å²) < 4.78 is 0. The Hall–Kier alpha value is -1.77. The standard InChI is InChI=1S/C15H9Cl2NO/c16-12-6-5-9(7-13(12)17)15-11(8-19)10-3-1-2-4-14(10)18-15/h1-8,18H. The topological polar surface area (TPSA) is 32.9 Å². The summed E-state index contributed by atoms with van der Waals surface area (Å²) in [6.45, 7) is 0. The van der Waals surface area contributed by atoms with Gasteiger partial charge in [0, 0.05) is 22.0 Å². The van der Waals surface area contributed by atoms with Crippen molar-refractivity contribution in [3.8, 4) is 11.3 Å². The van der Waals surface area contributed by atoms with Crippen LogP contribution < -0.4 is 0 Å². The van der Waals surface area contributed by atoms with Crippen LogP contribution in [0.25, 0.3) is 22.2 Å². The molecule has 0 atom stereocenters. The maximum Gasteiger partial charge on any atom is 0.152 e. The van der Waals surface area contributed by atoms with Crippen molar-refractivity contribution in [2.24, 2.45) is 0 Å². The molecule has 0 amide bonds. The summed E-state index contributed by atoms with van der Waals surface area (Å²) in [6, 6.07) is 13.0. The number of H-pyrrole nitrogens is 1. The molecule has 0 aliphatic rings. The molecule has 19 heavy (non-hydrogen) atoms. The van der Waals surface area contributed by atoms with E-state index in [1.807, 2.05) is 30.3 Å². The lowest BCUT2D eigenvalue weighted by Crippen LogP contribution is -1.84. The number of rotatable bonds is 2. The van der Waals surface area contributed by atoms with Crippen LogP contribution in [0.5, 0.6) is 0 Å². The van der Waals surface area contributed by atoms with E-state index in [0.717, 1.165) is 28.4 Å². The predicted molar refractivity (Wildman–Crippen MR) is 79.1 cm³/mol. The number of carbonyl (C=O) groups is 1. The van der Waals surface area contributed by atoms with Gasteiger partial charge in [0.15, 0.2) is 6.29 Å². The van der Waals surface area contributed by atoms with Crippen molar-refractivity contribution in [2.75, 3.05) is 0 Å². The molecule has 0 saturated carbocycles. The van der Waals surface area contributed by atoms with E-state index in [2.05, 4.69) is 4.98 Å². The molecule has 3 aromatic rings. The van der Waals surface area contributed by atoms with Gasteiger partial charge in [-0.3, -0.25) is 4.79 Å². The second-order valence-electron chi connectivity index (χ2n) is 4.21. The van der Waals surface area contributed by atoms with Crippen molar-refractivity contribution in [3.05, 3.63) is 58.1 Å². The first-order valence-corrected chi connectivity index (χ1v) is 6.47. The highest BCUT2D eigenvalue weighted by Crippen LogP contribution is 2.32. The summed E-state index contributed by atoms with van der Waals surface area (Å²) in [4.78, 5) is 14.6. The van der Waals surface area contributed by atoms with E-state index < -0.39 is 0 Å². The van der Waals surface area contributed by atoms with Crippen molar-refractivity contribution in [1.82, 2.24) is 4.98 Å². The molecule has 0 fully saturated rings. The van der Waals surface area contributed by atoms with Crippen molar-refractivity contribution < 1.29 is 4.79 Å². The fraction of sp³-hybridized carbons (Fsp3) is 0. The first-order valence-electron chi connectivity index (χ1n) is 5.72. The quantitative estimate of drug-likeness (QED) is 0.665. The van der Waals surface area contributed by atoms with E-state index in [9.17, 15) is 4.79 Å². The van der Waals surface area contributed by atoms with Gasteiger partial charge in [-0.2, -0.15) is 0 Å². The number of hydrogen-bond acceptors (Lipinski definition) is 1. The zero-order valence-electron chi connectivity index (χ0n) is 9.78. The zero-order chi connectivity index (χ0) is 13.4. The van der Waals surface area contributed by atoms with Crippen LogP contribution in [-0.4, -0.2) is 11.3 Å². The van der Waals surface area contributed by atoms with Gasteiger partial charge in [-0.25, -0.2) is 0 Å². The smallest absolute Gasteiger partial charge is 0.152 e. The summed E-state index contributed by atoms with van der Waals surface area (Å²) in [6.07, 6.45) is 0.858. The molecule has 0 aliphatic heterocycles. The number of fused-ring (bicyclic) bond motifs is 1. The monoisotopic (exact) mass is 289 g/mol. The van der Waals surface area contributed by atoms with Crippen molar-refractivity contribution in [1.29, 1.82) is 0 Å². The zero-order valence-corrected chi connectivity index (χ0v) is 11.3. The SMILES string of the molecule is O=Cc1c(-c2ccc(Cl)c(Cl)c2)[nH]c2ccccc12. The van der Waals surface area contributed by atoms with Crippen molar-refractivity contribution >= 4 is 40.4 Å². The third kappa shape index (κ3) is 2.03. The second-order valence-corrected chi connectivity index (χ2v) is 5.02. The van der Waals surface area contributed by atoms with Gasteiger partial charge in [-0.15, -0.1) is 0 Å². The fourth-order valence-electron chi connectivity index (χ4n) is 2.17. The molecule has 0 saturated heterocycles. The molecule has 1 N–H and O–H groups in total. The third-order valence-corrected chi connectivity index (χ3v) is 3.81. The highest BCUT2D eigenvalue weighted by Gasteiger charge is 2.13. The largest absolute Gasteiger partial charge is 0.354 e. The van der Waals surface area contributed by atoms with E-state index in [1.54, 1.807) is 12.1 Å². The summed E-state index contributed by atoms with van der Waals surface area (Å²) in [5.74, 6) is 0. The Labute approximate surface area is 120 Å². The second kappa shape index (κ2) is 4.72. The van der Waals surface area contributed by atoms with Gasteiger partial charge in [0.1, 0.15) is 0 Å². The molecule has 2 nitrogen and oxygen atoms in total. The predicted octanol–water partition coefficient (Wildman–Crippen LogP) is 4.95. The van der Waals surface area contributed by atoms with Crippen LogP contribution in [0.15, 0.2) is 42.5 Å². The van der Waals surface area contributed by atoms with Crippen LogP contribution in [-0.2, 0) is 0 Å². The lowest BCUT2D eigenvalue weighted by atomic mass is 10.1. The Kier molecular flexibility index (Phi) is 3.05. The minimum Gasteiger partial charge on any atom is -0.354 e. The molecule has 4 heteroatoms. The molecule has 94 valence electrons. The van der Waals surface area contributed by atoms with Gasteiger partial charge < -0.3 is 4.98 Å². The molecule has 2 aromatic carbocycles. The summed E-state index contributed by atoms with van der Waals surface area (Å²) in [5.41, 5.74) is 3.15. The number of benzene rings is 2. The average molecular weight is 290 g/mol. The third-order valence-electron chi connectivity index (χ3n) is 3.07.